The number of hydrogen-bond donors (Lipinski definition) is 3. The molecule has 22 heteroatoms. The van der Waals surface area contributed by atoms with Crippen molar-refractivity contribution in [2.24, 2.45) is 4.99 Å². The predicted octanol–water partition coefficient (Wildman–Crippen LogP) is 8.94. The fraction of sp³-hybridized carbons (Fsp3) is 0.220. The van der Waals surface area contributed by atoms with E-state index in [1.807, 2.05) is 64.1 Å². The number of anilines is 2. The van der Waals surface area contributed by atoms with Crippen molar-refractivity contribution in [1.29, 1.82) is 0 Å². The van der Waals surface area contributed by atoms with Crippen LogP contribution in [0.4, 0.5) is 39.4 Å². The minimum absolute atomic E-state index is 0.0113. The number of sulfonamides is 2. The van der Waals surface area contributed by atoms with Crippen LogP contribution in [0.2, 0.25) is 0 Å². The standard InChI is InChI=1S/C50H46F4N4O11S3/c1-27(2)49(59)67-22-21-55-50(60)68-23-24-70(61,62)47-41(51)43(53)48(44(54)42(47)52)72(65,66)58-71(63,64)39-16-8-7-15-36(39)40-34-19-17-32(56-45-28(3)11-9-12-29(45)4)25-37(34)69-38-26-33(18-20-35(38)40)57-46-30(5)13-10-14-31(46)6/h7-15,17-20,25-26,39,56,58H,1,16,21-24H2,2-6H3,(H,55,60)/b57-33+. The van der Waals surface area contributed by atoms with E-state index in [2.05, 4.69) is 21.9 Å². The highest BCUT2D eigenvalue weighted by atomic mass is 32.3. The quantitative estimate of drug-likeness (QED) is 0.0207. The molecule has 7 rings (SSSR count). The second-order valence-corrected chi connectivity index (χ2v) is 22.5. The minimum Gasteiger partial charge on any atom is -0.460 e. The van der Waals surface area contributed by atoms with Gasteiger partial charge in [0.2, 0.25) is 10.0 Å². The van der Waals surface area contributed by atoms with Crippen LogP contribution in [-0.2, 0) is 44.2 Å². The van der Waals surface area contributed by atoms with Crippen molar-refractivity contribution in [2.75, 3.05) is 30.8 Å². The zero-order valence-electron chi connectivity index (χ0n) is 39.2. The second-order valence-electron chi connectivity index (χ2n) is 16.7. The third-order valence-electron chi connectivity index (χ3n) is 11.4. The molecule has 0 radical (unpaired) electrons. The summed E-state index contributed by atoms with van der Waals surface area (Å²) in [6.45, 7) is 10.7. The fourth-order valence-electron chi connectivity index (χ4n) is 7.92. The van der Waals surface area contributed by atoms with Crippen molar-refractivity contribution in [1.82, 2.24) is 9.44 Å². The van der Waals surface area contributed by atoms with Crippen LogP contribution in [0, 0.1) is 51.0 Å². The van der Waals surface area contributed by atoms with E-state index >= 15 is 17.6 Å². The Kier molecular flexibility index (Phi) is 15.3. The third kappa shape index (κ3) is 11.0. The van der Waals surface area contributed by atoms with Gasteiger partial charge in [-0.05, 0) is 93.1 Å². The molecule has 3 aliphatic rings. The zero-order valence-corrected chi connectivity index (χ0v) is 41.6. The zero-order chi connectivity index (χ0) is 52.4. The van der Waals surface area contributed by atoms with Gasteiger partial charge in [-0.25, -0.2) is 57.4 Å². The van der Waals surface area contributed by atoms with E-state index in [9.17, 15) is 34.8 Å². The number of nitrogens with one attached hydrogen (secondary N) is 3. The van der Waals surface area contributed by atoms with Crippen molar-refractivity contribution in [3.63, 3.8) is 0 Å². The summed E-state index contributed by atoms with van der Waals surface area (Å²) in [5.41, 5.74) is 6.77. The average Bonchev–Trinajstić information content (AvgIpc) is 3.30. The number of ether oxygens (including phenoxy) is 2. The molecule has 15 nitrogen and oxygen atoms in total. The van der Waals surface area contributed by atoms with Gasteiger partial charge in [-0.2, -0.15) is 0 Å². The number of carbonyl (C=O) groups excluding carboxylic acids is 2. The molecule has 0 fully saturated rings. The van der Waals surface area contributed by atoms with E-state index in [0.29, 0.717) is 27.7 Å². The van der Waals surface area contributed by atoms with Crippen LogP contribution in [-0.4, -0.2) is 68.1 Å². The van der Waals surface area contributed by atoms with Crippen LogP contribution in [0.25, 0.3) is 27.9 Å². The van der Waals surface area contributed by atoms with Gasteiger partial charge in [0.05, 0.1) is 23.3 Å². The molecule has 1 aliphatic heterocycles. The van der Waals surface area contributed by atoms with E-state index in [0.717, 1.165) is 27.9 Å². The molecule has 1 heterocycles. The van der Waals surface area contributed by atoms with Gasteiger partial charge in [0.1, 0.15) is 34.7 Å². The first kappa shape index (κ1) is 52.7. The fourth-order valence-corrected chi connectivity index (χ4v) is 12.7. The Balaban J connectivity index is 1.23. The topological polar surface area (TPSA) is 217 Å². The number of para-hydroxylation sites is 2. The molecule has 1 amide bonds. The number of nitrogens with zero attached hydrogens (tertiary/aromatic N) is 1. The Bertz CT molecular complexity index is 3600. The van der Waals surface area contributed by atoms with Crippen molar-refractivity contribution in [3.05, 3.63) is 160 Å². The van der Waals surface area contributed by atoms with Crippen molar-refractivity contribution in [3.8, 4) is 11.3 Å². The summed E-state index contributed by atoms with van der Waals surface area (Å²) >= 11 is 0. The Morgan fingerprint density at radius 2 is 1.42 bits per heavy atom. The maximum absolute atomic E-state index is 15.8. The molecule has 0 saturated heterocycles. The van der Waals surface area contributed by atoms with Gasteiger partial charge in [-0.3, -0.25) is 0 Å². The molecular formula is C50H46F4N4O11S3. The van der Waals surface area contributed by atoms with Crippen molar-refractivity contribution >= 4 is 75.6 Å². The number of amides is 1. The van der Waals surface area contributed by atoms with Gasteiger partial charge in [0.15, 0.2) is 38.0 Å². The summed E-state index contributed by atoms with van der Waals surface area (Å²) in [6, 6.07) is 21.6. The number of rotatable bonds is 16. The van der Waals surface area contributed by atoms with Gasteiger partial charge >= 0.3 is 12.1 Å². The lowest BCUT2D eigenvalue weighted by atomic mass is 9.89. The summed E-state index contributed by atoms with van der Waals surface area (Å²) in [4.78, 5) is 23.6. The molecule has 0 aromatic heterocycles. The predicted molar refractivity (Wildman–Crippen MR) is 261 cm³/mol. The number of alkyl carbamates (subject to hydrolysis) is 1. The summed E-state index contributed by atoms with van der Waals surface area (Å²) in [7, 11) is -16.9. The largest absolute Gasteiger partial charge is 0.460 e. The maximum Gasteiger partial charge on any atom is 0.407 e. The molecule has 72 heavy (non-hydrogen) atoms. The first-order valence-electron chi connectivity index (χ1n) is 21.8. The highest BCUT2D eigenvalue weighted by Crippen LogP contribution is 2.43. The number of halogens is 4. The van der Waals surface area contributed by atoms with Gasteiger partial charge in [0.25, 0.3) is 10.0 Å². The summed E-state index contributed by atoms with van der Waals surface area (Å²) < 4.78 is 162. The summed E-state index contributed by atoms with van der Waals surface area (Å²) in [6.07, 6.45) is 2.63. The van der Waals surface area contributed by atoms with Gasteiger partial charge in [-0.15, -0.1) is 4.13 Å². The number of fused-ring (bicyclic) bond motifs is 2. The lowest BCUT2D eigenvalue weighted by Gasteiger charge is -2.26. The monoisotopic (exact) mass is 1050 g/mol. The van der Waals surface area contributed by atoms with Crippen molar-refractivity contribution in [2.45, 2.75) is 56.1 Å². The molecule has 0 bridgehead atoms. The Morgan fingerprint density at radius 1 is 0.792 bits per heavy atom. The number of esters is 1. The first-order chi connectivity index (χ1) is 33.9. The van der Waals surface area contributed by atoms with Gasteiger partial charge < -0.3 is 24.5 Å². The van der Waals surface area contributed by atoms with Crippen LogP contribution in [0.1, 0.15) is 41.2 Å². The molecular weight excluding hydrogens is 1000 g/mol. The molecule has 1 unspecified atom stereocenters. The van der Waals surface area contributed by atoms with E-state index < -0.39 is 99.0 Å². The number of benzene rings is 5. The Labute approximate surface area is 412 Å². The van der Waals surface area contributed by atoms with Crippen LogP contribution in [0.15, 0.2) is 122 Å². The van der Waals surface area contributed by atoms with Crippen LogP contribution in [0.3, 0.4) is 0 Å². The number of aryl methyl sites for hydroxylation is 4. The van der Waals surface area contributed by atoms with Gasteiger partial charge in [-0.1, -0.05) is 61.2 Å². The van der Waals surface area contributed by atoms with E-state index in [-0.39, 0.29) is 41.2 Å². The Hall–Kier alpha value is -7.14. The van der Waals surface area contributed by atoms with E-state index in [4.69, 9.17) is 14.1 Å². The highest BCUT2D eigenvalue weighted by molar-refractivity contribution is 8.05. The second kappa shape index (κ2) is 20.9. The van der Waals surface area contributed by atoms with Crippen LogP contribution >= 0.6 is 0 Å². The minimum atomic E-state index is -6.13. The lowest BCUT2D eigenvalue weighted by Crippen LogP contribution is -2.40. The lowest BCUT2D eigenvalue weighted by molar-refractivity contribution is -0.138. The highest BCUT2D eigenvalue weighted by Gasteiger charge is 2.42. The SMILES string of the molecule is C=C(C)C(=O)OCCNC(=O)OCCS(=O)(=O)c1c(F)c(F)c(S(=O)(=O)NS(=O)(=O)C2CC=CC=C2c2c3cc/c(=N\c4c(C)cccc4C)cc-3oc3cc(Nc4c(C)cccc4C)ccc23)c(F)c1F. The number of carbonyl (C=O) groups is 2. The smallest absolute Gasteiger partial charge is 0.407 e. The van der Waals surface area contributed by atoms with E-state index in [1.54, 1.807) is 36.4 Å². The molecule has 1 atom stereocenters. The Morgan fingerprint density at radius 3 is 2.06 bits per heavy atom. The summed E-state index contributed by atoms with van der Waals surface area (Å²) in [5, 5.41) is 4.49. The maximum atomic E-state index is 15.8. The number of hydrogen-bond acceptors (Lipinski definition) is 13. The number of sulfone groups is 1. The van der Waals surface area contributed by atoms with Crippen LogP contribution in [0.5, 0.6) is 0 Å². The van der Waals surface area contributed by atoms with E-state index in [1.165, 1.54) is 29.3 Å². The molecule has 3 N–H and O–H groups in total. The normalized spacial score (nSPS) is 14.3. The molecule has 4 aromatic carbocycles. The average molecular weight is 1050 g/mol. The third-order valence-corrected chi connectivity index (χ3v) is 17.0. The molecule has 0 spiro atoms. The number of allylic oxidation sites excluding steroid dienone is 3. The van der Waals surface area contributed by atoms with Crippen molar-refractivity contribution < 1.29 is 66.3 Å². The molecule has 4 aromatic rings. The molecule has 0 saturated carbocycles. The molecule has 378 valence electrons. The first-order valence-corrected chi connectivity index (χ1v) is 26.5. The summed E-state index contributed by atoms with van der Waals surface area (Å²) in [5.74, 6) is -12.9. The van der Waals surface area contributed by atoms with Gasteiger partial charge in [0, 0.05) is 45.6 Å². The van der Waals surface area contributed by atoms with Crippen LogP contribution < -0.4 is 20.1 Å². The molecule has 2 aliphatic carbocycles.